The number of unbranched alkanes of at least 4 members (excludes halogenated alkanes) is 1. The summed E-state index contributed by atoms with van der Waals surface area (Å²) in [4.78, 5) is 0. The summed E-state index contributed by atoms with van der Waals surface area (Å²) >= 11 is 6.23. The average molecular weight is 316 g/mol. The van der Waals surface area contributed by atoms with Gasteiger partial charge in [-0.1, -0.05) is 24.9 Å². The van der Waals surface area contributed by atoms with Crippen LogP contribution in [0.25, 0.3) is 0 Å². The van der Waals surface area contributed by atoms with Crippen LogP contribution < -0.4 is 14.8 Å². The van der Waals surface area contributed by atoms with Gasteiger partial charge in [-0.25, -0.2) is 0 Å². The predicted octanol–water partition coefficient (Wildman–Crippen LogP) is 3.65. The molecular formula is C16H26ClNO3. The standard InChI is InChI=1S/C16H26ClNO3/c1-4-5-8-21-9-6-7-18-12-13-10-15(19-2)16(20-3)11-14(13)17/h10-11,18H,4-9,12H2,1-3H3. The fourth-order valence-electron chi connectivity index (χ4n) is 1.90. The van der Waals surface area contributed by atoms with Crippen molar-refractivity contribution in [3.05, 3.63) is 22.7 Å². The molecule has 0 fully saturated rings. The van der Waals surface area contributed by atoms with E-state index in [1.807, 2.05) is 6.07 Å². The Morgan fingerprint density at radius 3 is 2.38 bits per heavy atom. The van der Waals surface area contributed by atoms with Crippen LogP contribution in [0, 0.1) is 0 Å². The summed E-state index contributed by atoms with van der Waals surface area (Å²) in [5, 5.41) is 4.04. The molecule has 0 amide bonds. The number of halogens is 1. The highest BCUT2D eigenvalue weighted by Gasteiger charge is 2.09. The molecule has 0 unspecified atom stereocenters. The first-order chi connectivity index (χ1) is 10.2. The molecule has 1 rings (SSSR count). The van der Waals surface area contributed by atoms with Gasteiger partial charge in [0.15, 0.2) is 11.5 Å². The van der Waals surface area contributed by atoms with E-state index in [1.165, 1.54) is 6.42 Å². The third-order valence-corrected chi connectivity index (χ3v) is 3.50. The van der Waals surface area contributed by atoms with E-state index in [1.54, 1.807) is 20.3 Å². The molecule has 0 spiro atoms. The van der Waals surface area contributed by atoms with E-state index in [2.05, 4.69) is 12.2 Å². The van der Waals surface area contributed by atoms with Crippen molar-refractivity contribution in [1.29, 1.82) is 0 Å². The number of ether oxygens (including phenoxy) is 3. The molecule has 120 valence electrons. The molecule has 0 saturated heterocycles. The Balaban J connectivity index is 2.32. The SMILES string of the molecule is CCCCOCCCNCc1cc(OC)c(OC)cc1Cl. The maximum Gasteiger partial charge on any atom is 0.162 e. The molecule has 0 aliphatic heterocycles. The lowest BCUT2D eigenvalue weighted by Crippen LogP contribution is -2.17. The topological polar surface area (TPSA) is 39.7 Å². The molecule has 5 heteroatoms. The summed E-state index contributed by atoms with van der Waals surface area (Å²) in [5.74, 6) is 1.34. The number of hydrogen-bond acceptors (Lipinski definition) is 4. The Hall–Kier alpha value is -0.970. The van der Waals surface area contributed by atoms with Crippen molar-refractivity contribution in [2.24, 2.45) is 0 Å². The van der Waals surface area contributed by atoms with Crippen molar-refractivity contribution in [3.8, 4) is 11.5 Å². The van der Waals surface area contributed by atoms with E-state index in [9.17, 15) is 0 Å². The van der Waals surface area contributed by atoms with Crippen LogP contribution in [0.5, 0.6) is 11.5 Å². The second-order valence-electron chi connectivity index (χ2n) is 4.79. The molecule has 1 aromatic rings. The minimum Gasteiger partial charge on any atom is -0.493 e. The molecule has 21 heavy (non-hydrogen) atoms. The number of benzene rings is 1. The lowest BCUT2D eigenvalue weighted by molar-refractivity contribution is 0.129. The summed E-state index contributed by atoms with van der Waals surface area (Å²) < 4.78 is 16.0. The van der Waals surface area contributed by atoms with Crippen molar-refractivity contribution < 1.29 is 14.2 Å². The van der Waals surface area contributed by atoms with Crippen molar-refractivity contribution in [3.63, 3.8) is 0 Å². The van der Waals surface area contributed by atoms with Crippen LogP contribution >= 0.6 is 11.6 Å². The van der Waals surface area contributed by atoms with Gasteiger partial charge in [-0.2, -0.15) is 0 Å². The second-order valence-corrected chi connectivity index (χ2v) is 5.20. The Morgan fingerprint density at radius 2 is 1.71 bits per heavy atom. The first-order valence-corrected chi connectivity index (χ1v) is 7.79. The number of hydrogen-bond donors (Lipinski definition) is 1. The Bertz CT molecular complexity index is 413. The molecule has 0 aliphatic rings. The van der Waals surface area contributed by atoms with E-state index in [0.717, 1.165) is 38.2 Å². The Morgan fingerprint density at radius 1 is 1.05 bits per heavy atom. The number of nitrogens with one attached hydrogen (secondary N) is 1. The van der Waals surface area contributed by atoms with Crippen molar-refractivity contribution >= 4 is 11.6 Å². The molecule has 0 aromatic heterocycles. The van der Waals surface area contributed by atoms with E-state index in [-0.39, 0.29) is 0 Å². The van der Waals surface area contributed by atoms with E-state index in [4.69, 9.17) is 25.8 Å². The molecule has 0 heterocycles. The summed E-state index contributed by atoms with van der Waals surface area (Å²) in [6, 6.07) is 3.69. The smallest absolute Gasteiger partial charge is 0.162 e. The lowest BCUT2D eigenvalue weighted by atomic mass is 10.2. The summed E-state index contributed by atoms with van der Waals surface area (Å²) in [7, 11) is 3.22. The normalized spacial score (nSPS) is 10.7. The highest BCUT2D eigenvalue weighted by molar-refractivity contribution is 6.31. The fourth-order valence-corrected chi connectivity index (χ4v) is 2.12. The van der Waals surface area contributed by atoms with E-state index >= 15 is 0 Å². The molecule has 0 bridgehead atoms. The number of methoxy groups -OCH3 is 2. The molecule has 0 radical (unpaired) electrons. The average Bonchev–Trinajstić information content (AvgIpc) is 2.50. The molecular weight excluding hydrogens is 290 g/mol. The van der Waals surface area contributed by atoms with E-state index < -0.39 is 0 Å². The van der Waals surface area contributed by atoms with Gasteiger partial charge < -0.3 is 19.5 Å². The monoisotopic (exact) mass is 315 g/mol. The first kappa shape index (κ1) is 18.1. The minimum absolute atomic E-state index is 0.649. The molecule has 4 nitrogen and oxygen atoms in total. The van der Waals surface area contributed by atoms with Gasteiger partial charge in [0, 0.05) is 30.8 Å². The zero-order valence-corrected chi connectivity index (χ0v) is 14.0. The zero-order valence-electron chi connectivity index (χ0n) is 13.2. The Labute approximate surface area is 132 Å². The van der Waals surface area contributed by atoms with Gasteiger partial charge in [0.2, 0.25) is 0 Å². The first-order valence-electron chi connectivity index (χ1n) is 7.41. The number of rotatable bonds is 11. The van der Waals surface area contributed by atoms with Crippen LogP contribution in [0.1, 0.15) is 31.7 Å². The molecule has 1 aromatic carbocycles. The van der Waals surface area contributed by atoms with E-state index in [0.29, 0.717) is 23.1 Å². The van der Waals surface area contributed by atoms with Gasteiger partial charge >= 0.3 is 0 Å². The van der Waals surface area contributed by atoms with Gasteiger partial charge in [-0.15, -0.1) is 0 Å². The highest BCUT2D eigenvalue weighted by Crippen LogP contribution is 2.32. The molecule has 0 saturated carbocycles. The van der Waals surface area contributed by atoms with Crippen LogP contribution in [0.4, 0.5) is 0 Å². The van der Waals surface area contributed by atoms with Gasteiger partial charge in [0.25, 0.3) is 0 Å². The third kappa shape index (κ3) is 6.55. The lowest BCUT2D eigenvalue weighted by Gasteiger charge is -2.12. The van der Waals surface area contributed by atoms with Gasteiger partial charge in [-0.05, 0) is 31.0 Å². The summed E-state index contributed by atoms with van der Waals surface area (Å²) in [5.41, 5.74) is 1.00. The van der Waals surface area contributed by atoms with Gasteiger partial charge in [-0.3, -0.25) is 0 Å². The predicted molar refractivity (Wildman–Crippen MR) is 86.6 cm³/mol. The second kappa shape index (κ2) is 10.7. The quantitative estimate of drug-likeness (QED) is 0.633. The maximum absolute atomic E-state index is 6.23. The molecule has 1 N–H and O–H groups in total. The van der Waals surface area contributed by atoms with Crippen molar-refractivity contribution in [2.45, 2.75) is 32.7 Å². The van der Waals surface area contributed by atoms with Crippen LogP contribution in [-0.2, 0) is 11.3 Å². The fraction of sp³-hybridized carbons (Fsp3) is 0.625. The van der Waals surface area contributed by atoms with Crippen LogP contribution in [0.3, 0.4) is 0 Å². The largest absolute Gasteiger partial charge is 0.493 e. The maximum atomic E-state index is 6.23. The van der Waals surface area contributed by atoms with Crippen LogP contribution in [-0.4, -0.2) is 34.0 Å². The van der Waals surface area contributed by atoms with Crippen molar-refractivity contribution in [1.82, 2.24) is 5.32 Å². The molecule has 0 aliphatic carbocycles. The van der Waals surface area contributed by atoms with Crippen molar-refractivity contribution in [2.75, 3.05) is 34.0 Å². The van der Waals surface area contributed by atoms with Crippen LogP contribution in [0.15, 0.2) is 12.1 Å². The highest BCUT2D eigenvalue weighted by atomic mass is 35.5. The van der Waals surface area contributed by atoms with Gasteiger partial charge in [0.05, 0.1) is 14.2 Å². The Kier molecular flexibility index (Phi) is 9.22. The summed E-state index contributed by atoms with van der Waals surface area (Å²) in [6.45, 7) is 5.42. The molecule has 0 atom stereocenters. The minimum atomic E-state index is 0.649. The van der Waals surface area contributed by atoms with Crippen LogP contribution in [0.2, 0.25) is 5.02 Å². The summed E-state index contributed by atoms with van der Waals surface area (Å²) in [6.07, 6.45) is 3.30. The zero-order chi connectivity index (χ0) is 15.5. The van der Waals surface area contributed by atoms with Gasteiger partial charge in [0.1, 0.15) is 0 Å². The third-order valence-electron chi connectivity index (χ3n) is 3.15.